The number of rotatable bonds is 5. The summed E-state index contributed by atoms with van der Waals surface area (Å²) in [6.07, 6.45) is 11.1. The smallest absolute Gasteiger partial charge is 0.169 e. The Morgan fingerprint density at radius 1 is 1.36 bits per heavy atom. The molecule has 3 atom stereocenters. The summed E-state index contributed by atoms with van der Waals surface area (Å²) in [6, 6.07) is 6.63. The van der Waals surface area contributed by atoms with Gasteiger partial charge in [0.1, 0.15) is 0 Å². The Morgan fingerprint density at radius 3 is 2.82 bits per heavy atom. The summed E-state index contributed by atoms with van der Waals surface area (Å²) in [6.45, 7) is 1.37. The van der Waals surface area contributed by atoms with Crippen LogP contribution in [0.25, 0.3) is 0 Å². The summed E-state index contributed by atoms with van der Waals surface area (Å²) >= 11 is 5.61. The highest BCUT2D eigenvalue weighted by Gasteiger charge is 2.36. The monoisotopic (exact) mass is 312 g/mol. The van der Waals surface area contributed by atoms with Crippen molar-refractivity contribution >= 4 is 17.3 Å². The van der Waals surface area contributed by atoms with E-state index < -0.39 is 0 Å². The van der Waals surface area contributed by atoms with Crippen molar-refractivity contribution in [3.63, 3.8) is 0 Å². The Bertz CT molecular complexity index is 592. The average Bonchev–Trinajstić information content (AvgIpc) is 3.15. The van der Waals surface area contributed by atoms with Crippen molar-refractivity contribution < 1.29 is 0 Å². The van der Waals surface area contributed by atoms with Gasteiger partial charge >= 0.3 is 0 Å². The molecule has 0 radical (unpaired) electrons. The van der Waals surface area contributed by atoms with Gasteiger partial charge in [0.15, 0.2) is 5.11 Å². The summed E-state index contributed by atoms with van der Waals surface area (Å²) in [5.41, 5.74) is 1.16. The molecule has 1 fully saturated rings. The summed E-state index contributed by atoms with van der Waals surface area (Å²) in [5.74, 6) is 1.33. The summed E-state index contributed by atoms with van der Waals surface area (Å²) in [5, 5.41) is 13.2. The topological polar surface area (TPSA) is 52.0 Å². The molecule has 0 saturated heterocycles. The maximum Gasteiger partial charge on any atom is 0.169 e. The van der Waals surface area contributed by atoms with Gasteiger partial charge < -0.3 is 10.2 Å². The number of hydrogen-bond donors (Lipinski definition) is 1. The van der Waals surface area contributed by atoms with E-state index >= 15 is 0 Å². The normalized spacial score (nSPS) is 25.0. The van der Waals surface area contributed by atoms with Crippen LogP contribution in [-0.2, 0) is 6.54 Å². The minimum Gasteiger partial charge on any atom is -0.359 e. The van der Waals surface area contributed by atoms with Crippen LogP contribution in [0, 0.1) is 23.2 Å². The summed E-state index contributed by atoms with van der Waals surface area (Å²) < 4.78 is 0. The van der Waals surface area contributed by atoms with Crippen LogP contribution >= 0.6 is 12.2 Å². The zero-order valence-electron chi connectivity index (χ0n) is 12.5. The van der Waals surface area contributed by atoms with E-state index in [4.69, 9.17) is 17.5 Å². The first-order chi connectivity index (χ1) is 10.8. The molecule has 2 bridgehead atoms. The zero-order valence-corrected chi connectivity index (χ0v) is 13.3. The third-order valence-electron chi connectivity index (χ3n) is 4.49. The van der Waals surface area contributed by atoms with Crippen molar-refractivity contribution in [1.29, 1.82) is 5.26 Å². The van der Waals surface area contributed by atoms with E-state index in [1.165, 1.54) is 12.8 Å². The predicted octanol–water partition coefficient (Wildman–Crippen LogP) is 2.64. The van der Waals surface area contributed by atoms with E-state index in [1.807, 2.05) is 12.1 Å². The van der Waals surface area contributed by atoms with E-state index in [1.54, 1.807) is 12.4 Å². The lowest BCUT2D eigenvalue weighted by Crippen LogP contribution is -2.46. The molecule has 4 nitrogen and oxygen atoms in total. The van der Waals surface area contributed by atoms with Crippen LogP contribution in [0.5, 0.6) is 0 Å². The highest BCUT2D eigenvalue weighted by atomic mass is 32.1. The molecule has 0 aliphatic heterocycles. The van der Waals surface area contributed by atoms with Gasteiger partial charge in [-0.05, 0) is 54.6 Å². The van der Waals surface area contributed by atoms with Gasteiger partial charge in [0.25, 0.3) is 0 Å². The van der Waals surface area contributed by atoms with Crippen molar-refractivity contribution in [2.24, 2.45) is 11.8 Å². The third kappa shape index (κ3) is 3.45. The van der Waals surface area contributed by atoms with Crippen LogP contribution in [0.15, 0.2) is 36.7 Å². The number of pyridine rings is 1. The number of nitrogens with one attached hydrogen (secondary N) is 1. The van der Waals surface area contributed by atoms with Crippen molar-refractivity contribution in [3.8, 4) is 6.07 Å². The third-order valence-corrected chi connectivity index (χ3v) is 4.87. The van der Waals surface area contributed by atoms with Crippen LogP contribution in [0.1, 0.15) is 24.8 Å². The maximum atomic E-state index is 8.87. The molecule has 1 aromatic rings. The fourth-order valence-corrected chi connectivity index (χ4v) is 3.65. The lowest BCUT2D eigenvalue weighted by Gasteiger charge is -2.29. The first-order valence-corrected chi connectivity index (χ1v) is 8.16. The molecule has 1 saturated carbocycles. The lowest BCUT2D eigenvalue weighted by molar-refractivity contribution is 0.396. The highest BCUT2D eigenvalue weighted by Crippen LogP contribution is 2.39. The van der Waals surface area contributed by atoms with Gasteiger partial charge in [-0.2, -0.15) is 5.26 Å². The van der Waals surface area contributed by atoms with E-state index in [9.17, 15) is 0 Å². The average molecular weight is 312 g/mol. The number of hydrogen-bond acceptors (Lipinski definition) is 3. The molecule has 0 aromatic carbocycles. The molecule has 5 heteroatoms. The van der Waals surface area contributed by atoms with Crippen molar-refractivity contribution in [1.82, 2.24) is 15.2 Å². The fourth-order valence-electron chi connectivity index (χ4n) is 3.34. The molecular formula is C17H20N4S. The van der Waals surface area contributed by atoms with Gasteiger partial charge in [-0.25, -0.2) is 0 Å². The number of allylic oxidation sites excluding steroid dienone is 1. The summed E-state index contributed by atoms with van der Waals surface area (Å²) in [7, 11) is 0. The molecule has 114 valence electrons. The van der Waals surface area contributed by atoms with Gasteiger partial charge in [0.05, 0.1) is 12.5 Å². The maximum absolute atomic E-state index is 8.87. The first kappa shape index (κ1) is 15.0. The summed E-state index contributed by atoms with van der Waals surface area (Å²) in [4.78, 5) is 6.13. The molecule has 22 heavy (non-hydrogen) atoms. The molecule has 0 spiro atoms. The van der Waals surface area contributed by atoms with Crippen LogP contribution in [0.2, 0.25) is 0 Å². The van der Waals surface area contributed by atoms with E-state index in [0.717, 1.165) is 16.6 Å². The second kappa shape index (κ2) is 6.89. The van der Waals surface area contributed by atoms with Crippen molar-refractivity contribution in [2.45, 2.75) is 31.8 Å². The van der Waals surface area contributed by atoms with Crippen LogP contribution in [0.3, 0.4) is 0 Å². The Kier molecular flexibility index (Phi) is 4.69. The lowest BCUT2D eigenvalue weighted by atomic mass is 10.0. The minimum atomic E-state index is 0.449. The van der Waals surface area contributed by atoms with Gasteiger partial charge in [0.2, 0.25) is 0 Å². The van der Waals surface area contributed by atoms with Gasteiger partial charge in [0, 0.05) is 31.5 Å². The molecule has 2 aliphatic carbocycles. The van der Waals surface area contributed by atoms with Crippen LogP contribution in [0.4, 0.5) is 0 Å². The Hall–Kier alpha value is -1.93. The molecule has 0 amide bonds. The predicted molar refractivity (Wildman–Crippen MR) is 89.8 cm³/mol. The zero-order chi connectivity index (χ0) is 15.4. The van der Waals surface area contributed by atoms with Crippen molar-refractivity contribution in [3.05, 3.63) is 42.2 Å². The SMILES string of the molecule is N#CCCN(Cc1ccncc1)C(=S)N[C@@H]1C[C@H]2C=C[C@@H]1C2. The number of nitriles is 1. The van der Waals surface area contributed by atoms with Crippen molar-refractivity contribution in [2.75, 3.05) is 6.54 Å². The van der Waals surface area contributed by atoms with Crippen LogP contribution < -0.4 is 5.32 Å². The highest BCUT2D eigenvalue weighted by molar-refractivity contribution is 7.80. The quantitative estimate of drug-likeness (QED) is 0.669. The molecule has 1 heterocycles. The van der Waals surface area contributed by atoms with Crippen LogP contribution in [-0.4, -0.2) is 27.6 Å². The van der Waals surface area contributed by atoms with Gasteiger partial charge in [-0.3, -0.25) is 4.98 Å². The molecular weight excluding hydrogens is 292 g/mol. The number of fused-ring (bicyclic) bond motifs is 2. The number of thiocarbonyl (C=S) groups is 1. The second-order valence-corrected chi connectivity index (χ2v) is 6.41. The van der Waals surface area contributed by atoms with E-state index in [2.05, 4.69) is 33.4 Å². The molecule has 3 rings (SSSR count). The molecule has 1 aromatic heterocycles. The Labute approximate surface area is 136 Å². The molecule has 1 N–H and O–H groups in total. The Morgan fingerprint density at radius 2 is 2.18 bits per heavy atom. The molecule has 0 unspecified atom stereocenters. The van der Waals surface area contributed by atoms with Gasteiger partial charge in [-0.15, -0.1) is 0 Å². The number of aromatic nitrogens is 1. The largest absolute Gasteiger partial charge is 0.359 e. The minimum absolute atomic E-state index is 0.449. The first-order valence-electron chi connectivity index (χ1n) is 7.76. The number of nitrogens with zero attached hydrogens (tertiary/aromatic N) is 3. The Balaban J connectivity index is 1.62. The second-order valence-electron chi connectivity index (χ2n) is 6.02. The van der Waals surface area contributed by atoms with E-state index in [-0.39, 0.29) is 0 Å². The fraction of sp³-hybridized carbons (Fsp3) is 0.471. The molecule has 2 aliphatic rings. The van der Waals surface area contributed by atoms with Gasteiger partial charge in [-0.1, -0.05) is 12.2 Å². The van der Waals surface area contributed by atoms with E-state index in [0.29, 0.717) is 31.5 Å². The standard InChI is InChI=1S/C17H20N4S/c18-6-1-9-21(12-13-4-7-19-8-5-13)17(22)20-16-11-14-2-3-15(16)10-14/h2-5,7-8,14-16H,1,9-12H2,(H,20,22)/t14-,15+,16+/m0/s1.